The summed E-state index contributed by atoms with van der Waals surface area (Å²) in [7, 11) is 0. The third-order valence-electron chi connectivity index (χ3n) is 5.42. The van der Waals surface area contributed by atoms with E-state index in [1.54, 1.807) is 16.8 Å². The van der Waals surface area contributed by atoms with Crippen LogP contribution in [0, 0.1) is 12.7 Å². The number of aromatic nitrogens is 5. The van der Waals surface area contributed by atoms with E-state index in [1.807, 2.05) is 36.1 Å². The summed E-state index contributed by atoms with van der Waals surface area (Å²) < 4.78 is 14.8. The van der Waals surface area contributed by atoms with Crippen molar-refractivity contribution < 1.29 is 9.18 Å². The maximum atomic E-state index is 13.3. The Kier molecular flexibility index (Phi) is 4.78. The van der Waals surface area contributed by atoms with Gasteiger partial charge in [-0.1, -0.05) is 22.9 Å². The Balaban J connectivity index is 1.36. The van der Waals surface area contributed by atoms with Gasteiger partial charge in [0.25, 0.3) is 5.91 Å². The lowest BCUT2D eigenvalue weighted by Gasteiger charge is -2.35. The quantitative estimate of drug-likeness (QED) is 0.510. The van der Waals surface area contributed by atoms with Crippen molar-refractivity contribution in [3.63, 3.8) is 0 Å². The highest BCUT2D eigenvalue weighted by Gasteiger charge is 2.25. The number of piperazine rings is 1. The zero-order valence-electron chi connectivity index (χ0n) is 16.9. The van der Waals surface area contributed by atoms with Crippen LogP contribution in [0.5, 0.6) is 0 Å². The summed E-state index contributed by atoms with van der Waals surface area (Å²) in [5.41, 5.74) is 3.57. The van der Waals surface area contributed by atoms with Gasteiger partial charge in [-0.3, -0.25) is 4.79 Å². The second kappa shape index (κ2) is 7.75. The van der Waals surface area contributed by atoms with Crippen LogP contribution in [-0.2, 0) is 0 Å². The third-order valence-corrected chi connectivity index (χ3v) is 5.42. The molecule has 0 unspecified atom stereocenters. The molecule has 2 aromatic carbocycles. The fraction of sp³-hybridized carbons (Fsp3) is 0.227. The summed E-state index contributed by atoms with van der Waals surface area (Å²) >= 11 is 0. The van der Waals surface area contributed by atoms with Gasteiger partial charge in [0, 0.05) is 31.7 Å². The summed E-state index contributed by atoms with van der Waals surface area (Å²) in [6.45, 7) is 4.42. The van der Waals surface area contributed by atoms with Crippen LogP contribution in [0.2, 0.25) is 0 Å². The number of nitrogens with zero attached hydrogens (tertiary/aromatic N) is 7. The number of rotatable bonds is 3. The van der Waals surface area contributed by atoms with Gasteiger partial charge in [0.2, 0.25) is 0 Å². The van der Waals surface area contributed by atoms with E-state index in [4.69, 9.17) is 0 Å². The molecule has 1 fully saturated rings. The standard InChI is InChI=1S/C22H20FN7O/c1-15-3-2-4-16(13-15)22(31)29-11-9-28(10-12-29)20-19-21(25-14-24-20)30(27-26-19)18-7-5-17(23)6-8-18/h2-8,13-14H,9-12H2,1H3. The molecule has 1 aliphatic heterocycles. The molecule has 0 N–H and O–H groups in total. The smallest absolute Gasteiger partial charge is 0.253 e. The molecule has 2 aromatic heterocycles. The Bertz CT molecular complexity index is 1250. The summed E-state index contributed by atoms with van der Waals surface area (Å²) in [4.78, 5) is 25.5. The molecular weight excluding hydrogens is 397 g/mol. The van der Waals surface area contributed by atoms with Crippen molar-refractivity contribution in [3.05, 3.63) is 71.8 Å². The number of benzene rings is 2. The van der Waals surface area contributed by atoms with Crippen molar-refractivity contribution in [1.82, 2.24) is 29.9 Å². The van der Waals surface area contributed by atoms with Gasteiger partial charge < -0.3 is 9.80 Å². The van der Waals surface area contributed by atoms with E-state index >= 15 is 0 Å². The third kappa shape index (κ3) is 3.58. The normalized spacial score (nSPS) is 14.3. The Labute approximate surface area is 177 Å². The van der Waals surface area contributed by atoms with Crippen LogP contribution in [-0.4, -0.2) is 61.9 Å². The van der Waals surface area contributed by atoms with Crippen LogP contribution in [0.25, 0.3) is 16.9 Å². The minimum absolute atomic E-state index is 0.0402. The molecule has 1 aliphatic rings. The van der Waals surface area contributed by atoms with Crippen molar-refractivity contribution in [1.29, 1.82) is 0 Å². The predicted octanol–water partition coefficient (Wildman–Crippen LogP) is 2.62. The van der Waals surface area contributed by atoms with Gasteiger partial charge in [0.15, 0.2) is 17.0 Å². The van der Waals surface area contributed by atoms with Gasteiger partial charge in [-0.2, -0.15) is 4.68 Å². The number of amides is 1. The summed E-state index contributed by atoms with van der Waals surface area (Å²) in [6.07, 6.45) is 1.48. The molecule has 0 saturated carbocycles. The molecule has 3 heterocycles. The topological polar surface area (TPSA) is 80.0 Å². The second-order valence-electron chi connectivity index (χ2n) is 7.50. The zero-order valence-corrected chi connectivity index (χ0v) is 16.9. The fourth-order valence-electron chi connectivity index (χ4n) is 3.81. The summed E-state index contributed by atoms with van der Waals surface area (Å²) in [6, 6.07) is 13.6. The maximum Gasteiger partial charge on any atom is 0.253 e. The maximum absolute atomic E-state index is 13.3. The first-order valence-corrected chi connectivity index (χ1v) is 10.0. The van der Waals surface area contributed by atoms with Gasteiger partial charge >= 0.3 is 0 Å². The molecule has 0 aliphatic carbocycles. The Morgan fingerprint density at radius 3 is 2.52 bits per heavy atom. The van der Waals surface area contributed by atoms with E-state index in [-0.39, 0.29) is 11.7 Å². The second-order valence-corrected chi connectivity index (χ2v) is 7.50. The molecule has 9 heteroatoms. The van der Waals surface area contributed by atoms with Crippen molar-refractivity contribution in [2.24, 2.45) is 0 Å². The van der Waals surface area contributed by atoms with Crippen LogP contribution in [0.4, 0.5) is 10.2 Å². The molecule has 31 heavy (non-hydrogen) atoms. The van der Waals surface area contributed by atoms with Gasteiger partial charge in [0.1, 0.15) is 12.1 Å². The minimum atomic E-state index is -0.318. The highest BCUT2D eigenvalue weighted by molar-refractivity contribution is 5.94. The van der Waals surface area contributed by atoms with E-state index in [0.29, 0.717) is 54.4 Å². The number of carbonyl (C=O) groups is 1. The number of hydrogen-bond acceptors (Lipinski definition) is 6. The number of anilines is 1. The molecule has 4 aromatic rings. The number of aryl methyl sites for hydroxylation is 1. The van der Waals surface area contributed by atoms with Crippen molar-refractivity contribution in [2.45, 2.75) is 6.92 Å². The van der Waals surface area contributed by atoms with Crippen LogP contribution in [0.1, 0.15) is 15.9 Å². The van der Waals surface area contributed by atoms with Crippen LogP contribution < -0.4 is 4.90 Å². The van der Waals surface area contributed by atoms with E-state index in [2.05, 4.69) is 25.2 Å². The predicted molar refractivity (Wildman–Crippen MR) is 114 cm³/mol. The molecule has 0 spiro atoms. The van der Waals surface area contributed by atoms with Crippen LogP contribution in [0.15, 0.2) is 54.9 Å². The molecule has 5 rings (SSSR count). The Morgan fingerprint density at radius 2 is 1.77 bits per heavy atom. The Morgan fingerprint density at radius 1 is 1.00 bits per heavy atom. The first-order valence-electron chi connectivity index (χ1n) is 10.0. The first-order chi connectivity index (χ1) is 15.1. The van der Waals surface area contributed by atoms with Gasteiger partial charge in [-0.05, 0) is 43.3 Å². The molecule has 8 nitrogen and oxygen atoms in total. The minimum Gasteiger partial charge on any atom is -0.351 e. The molecule has 0 radical (unpaired) electrons. The number of carbonyl (C=O) groups excluding carboxylic acids is 1. The van der Waals surface area contributed by atoms with Crippen molar-refractivity contribution in [3.8, 4) is 5.69 Å². The largest absolute Gasteiger partial charge is 0.351 e. The van der Waals surface area contributed by atoms with Crippen molar-refractivity contribution >= 4 is 22.9 Å². The SMILES string of the molecule is Cc1cccc(C(=O)N2CCN(c3ncnc4c3nnn4-c3ccc(F)cc3)CC2)c1. The van der Waals surface area contributed by atoms with Crippen LogP contribution in [0.3, 0.4) is 0 Å². The van der Waals surface area contributed by atoms with Gasteiger partial charge in [-0.15, -0.1) is 5.10 Å². The van der Waals surface area contributed by atoms with E-state index in [9.17, 15) is 9.18 Å². The lowest BCUT2D eigenvalue weighted by molar-refractivity contribution is 0.0746. The molecule has 156 valence electrons. The van der Waals surface area contributed by atoms with Gasteiger partial charge in [-0.25, -0.2) is 14.4 Å². The molecular formula is C22H20FN7O. The molecule has 1 amide bonds. The van der Waals surface area contributed by atoms with Gasteiger partial charge in [0.05, 0.1) is 5.69 Å². The van der Waals surface area contributed by atoms with E-state index in [0.717, 1.165) is 5.56 Å². The molecule has 0 atom stereocenters. The Hall–Kier alpha value is -3.88. The average molecular weight is 417 g/mol. The molecule has 1 saturated heterocycles. The first kappa shape index (κ1) is 19.1. The lowest BCUT2D eigenvalue weighted by atomic mass is 10.1. The lowest BCUT2D eigenvalue weighted by Crippen LogP contribution is -2.49. The van der Waals surface area contributed by atoms with E-state index < -0.39 is 0 Å². The number of hydrogen-bond donors (Lipinski definition) is 0. The number of halogens is 1. The summed E-state index contributed by atoms with van der Waals surface area (Å²) in [5.74, 6) is 0.404. The summed E-state index contributed by atoms with van der Waals surface area (Å²) in [5, 5.41) is 8.47. The number of fused-ring (bicyclic) bond motifs is 1. The fourth-order valence-corrected chi connectivity index (χ4v) is 3.81. The van der Waals surface area contributed by atoms with Crippen molar-refractivity contribution in [2.75, 3.05) is 31.1 Å². The van der Waals surface area contributed by atoms with E-state index in [1.165, 1.54) is 18.5 Å². The zero-order chi connectivity index (χ0) is 21.4. The average Bonchev–Trinajstić information content (AvgIpc) is 3.23. The highest BCUT2D eigenvalue weighted by Crippen LogP contribution is 2.24. The highest BCUT2D eigenvalue weighted by atomic mass is 19.1. The van der Waals surface area contributed by atoms with Crippen LogP contribution >= 0.6 is 0 Å². The monoisotopic (exact) mass is 417 g/mol. The molecule has 0 bridgehead atoms.